The molecule has 7 aliphatic rings. The topological polar surface area (TPSA) is 150 Å². The molecule has 58 heavy (non-hydrogen) atoms. The maximum absolute atomic E-state index is 14.3. The average Bonchev–Trinajstić information content (AvgIpc) is 3.55. The number of hydrogen-bond donors (Lipinski definition) is 2. The van der Waals surface area contributed by atoms with Gasteiger partial charge in [0.2, 0.25) is 0 Å². The second kappa shape index (κ2) is 18.4. The first-order valence-corrected chi connectivity index (χ1v) is 21.4. The van der Waals surface area contributed by atoms with Gasteiger partial charge in [0.15, 0.2) is 18.4 Å². The molecular formula is C45H66O13. The largest absolute Gasteiger partial charge is 0.462 e. The molecule has 2 bridgehead atoms. The number of aliphatic hydroxyl groups is 2. The number of allylic oxidation sites excluding steroid dienone is 2. The zero-order valence-electron chi connectivity index (χ0n) is 35.5. The van der Waals surface area contributed by atoms with E-state index in [4.69, 9.17) is 47.4 Å². The maximum Gasteiger partial charge on any atom is 0.316 e. The molecule has 0 aromatic rings. The van der Waals surface area contributed by atoms with Crippen LogP contribution in [-0.2, 0) is 52.2 Å². The Morgan fingerprint density at radius 3 is 2.53 bits per heavy atom. The monoisotopic (exact) mass is 814 g/mol. The van der Waals surface area contributed by atoms with Gasteiger partial charge in [0.25, 0.3) is 0 Å². The van der Waals surface area contributed by atoms with Crippen LogP contribution in [-0.4, -0.2) is 129 Å². The Bertz CT molecular complexity index is 1600. The summed E-state index contributed by atoms with van der Waals surface area (Å²) in [6, 6.07) is 0. The van der Waals surface area contributed by atoms with Crippen LogP contribution in [0.2, 0.25) is 0 Å². The second-order valence-electron chi connectivity index (χ2n) is 17.6. The van der Waals surface area contributed by atoms with Crippen LogP contribution < -0.4 is 0 Å². The number of rotatable bonds is 7. The lowest BCUT2D eigenvalue weighted by Crippen LogP contribution is -2.58. The highest BCUT2D eigenvalue weighted by Gasteiger charge is 2.60. The Hall–Kier alpha value is -2.27. The molecule has 0 saturated carbocycles. The van der Waals surface area contributed by atoms with E-state index in [0.29, 0.717) is 56.7 Å². The number of hydrogen-bond acceptors (Lipinski definition) is 13. The molecule has 6 heterocycles. The quantitative estimate of drug-likeness (QED) is 0.255. The van der Waals surface area contributed by atoms with Crippen LogP contribution in [0.15, 0.2) is 59.3 Å². The van der Waals surface area contributed by atoms with Crippen LogP contribution in [0.4, 0.5) is 0 Å². The van der Waals surface area contributed by atoms with Gasteiger partial charge >= 0.3 is 5.97 Å². The summed E-state index contributed by atoms with van der Waals surface area (Å²) in [5, 5.41) is 23.6. The van der Waals surface area contributed by atoms with Gasteiger partial charge in [-0.05, 0) is 55.9 Å². The normalized spacial score (nSPS) is 45.5. The smallest absolute Gasteiger partial charge is 0.316 e. The number of ether oxygens (including phenoxy) is 10. The van der Waals surface area contributed by atoms with Gasteiger partial charge in [-0.15, -0.1) is 0 Å². The second-order valence-corrected chi connectivity index (χ2v) is 17.6. The molecule has 0 aromatic carbocycles. The Morgan fingerprint density at radius 1 is 0.983 bits per heavy atom. The van der Waals surface area contributed by atoms with Gasteiger partial charge < -0.3 is 57.6 Å². The van der Waals surface area contributed by atoms with E-state index >= 15 is 0 Å². The molecule has 1 aliphatic carbocycles. The highest BCUT2D eigenvalue weighted by atomic mass is 16.7. The van der Waals surface area contributed by atoms with Gasteiger partial charge in [0.05, 0.1) is 56.9 Å². The summed E-state index contributed by atoms with van der Waals surface area (Å²) in [4.78, 5) is 14.3. The van der Waals surface area contributed by atoms with E-state index < -0.39 is 60.3 Å². The number of esters is 1. The van der Waals surface area contributed by atoms with Crippen molar-refractivity contribution < 1.29 is 62.4 Å². The molecule has 324 valence electrons. The van der Waals surface area contributed by atoms with Gasteiger partial charge in [-0.1, -0.05) is 70.6 Å². The fraction of sp³-hybridized carbons (Fsp3) is 0.756. The van der Waals surface area contributed by atoms with Crippen LogP contribution in [0.1, 0.15) is 80.6 Å². The zero-order chi connectivity index (χ0) is 41.4. The van der Waals surface area contributed by atoms with Gasteiger partial charge in [-0.2, -0.15) is 0 Å². The molecule has 17 atom stereocenters. The van der Waals surface area contributed by atoms with E-state index in [9.17, 15) is 15.0 Å². The number of methoxy groups -OCH3 is 1. The molecular weight excluding hydrogens is 748 g/mol. The third kappa shape index (κ3) is 9.02. The van der Waals surface area contributed by atoms with E-state index in [1.54, 1.807) is 26.2 Å². The summed E-state index contributed by atoms with van der Waals surface area (Å²) in [5.41, 5.74) is 0.196. The highest BCUT2D eigenvalue weighted by Crippen LogP contribution is 2.47. The molecule has 1 spiro atoms. The first-order chi connectivity index (χ1) is 27.7. The van der Waals surface area contributed by atoms with Crippen molar-refractivity contribution in [3.05, 3.63) is 59.3 Å². The number of carbonyl (C=O) groups is 1. The standard InChI is InChI=1S/C45H66O13/c1-9-25(2)40-28(5)15-16-44(58-40)22-33-20-32(57-44)14-13-27(4)39(55-36-21-35(49-8)41(30(7)53-36)56-37-24-50-17-18-51-37)26(3)11-10-12-31-23-52-42-38(46)29(6)19-34(43(47)54-33)45(31,42)48/h10-13,15-16,19,25-26,28,30,32-42,46,48H,9,14,17-18,20-24H2,1-8H3/t25?,26?,28-,30-,32+,33-,34-,35-,36?,37?,38+,39-,40+,41-,42+,44+,45+/m0/s1. The summed E-state index contributed by atoms with van der Waals surface area (Å²) in [7, 11) is 1.67. The predicted octanol–water partition coefficient (Wildman–Crippen LogP) is 5.24. The van der Waals surface area contributed by atoms with E-state index in [-0.39, 0.29) is 54.9 Å². The number of carbonyl (C=O) groups excluding carboxylic acids is 1. The van der Waals surface area contributed by atoms with Crippen molar-refractivity contribution in [3.63, 3.8) is 0 Å². The lowest BCUT2D eigenvalue weighted by molar-refractivity contribution is -0.309. The Kier molecular flexibility index (Phi) is 13.9. The summed E-state index contributed by atoms with van der Waals surface area (Å²) < 4.78 is 63.1. The summed E-state index contributed by atoms with van der Waals surface area (Å²) in [5.74, 6) is -2.47. The summed E-state index contributed by atoms with van der Waals surface area (Å²) in [6.45, 7) is 15.7. The van der Waals surface area contributed by atoms with Crippen LogP contribution in [0.3, 0.4) is 0 Å². The lowest BCUT2D eigenvalue weighted by atomic mass is 9.71. The molecule has 4 fully saturated rings. The van der Waals surface area contributed by atoms with Crippen molar-refractivity contribution in [2.45, 2.75) is 159 Å². The van der Waals surface area contributed by atoms with E-state index in [2.05, 4.69) is 46.8 Å². The molecule has 2 N–H and O–H groups in total. The van der Waals surface area contributed by atoms with Gasteiger partial charge in [-0.25, -0.2) is 0 Å². The van der Waals surface area contributed by atoms with Crippen molar-refractivity contribution in [3.8, 4) is 0 Å². The van der Waals surface area contributed by atoms with Crippen LogP contribution in [0, 0.1) is 23.7 Å². The molecule has 7 rings (SSSR count). The van der Waals surface area contributed by atoms with Crippen molar-refractivity contribution in [2.75, 3.05) is 33.5 Å². The molecule has 0 aromatic heterocycles. The minimum absolute atomic E-state index is 0.0461. The molecule has 4 unspecified atom stereocenters. The van der Waals surface area contributed by atoms with E-state index in [0.717, 1.165) is 12.0 Å². The first-order valence-electron chi connectivity index (χ1n) is 21.4. The molecule has 13 heteroatoms. The van der Waals surface area contributed by atoms with Crippen LogP contribution >= 0.6 is 0 Å². The van der Waals surface area contributed by atoms with Crippen LogP contribution in [0.5, 0.6) is 0 Å². The van der Waals surface area contributed by atoms with Gasteiger partial charge in [-0.3, -0.25) is 4.79 Å². The fourth-order valence-corrected chi connectivity index (χ4v) is 9.77. The number of aliphatic hydroxyl groups excluding tert-OH is 1. The molecule has 6 aliphatic heterocycles. The number of fused-ring (bicyclic) bond motifs is 2. The van der Waals surface area contributed by atoms with Crippen molar-refractivity contribution in [2.24, 2.45) is 23.7 Å². The molecule has 0 radical (unpaired) electrons. The maximum atomic E-state index is 14.3. The average molecular weight is 815 g/mol. The van der Waals surface area contributed by atoms with Gasteiger partial charge in [0.1, 0.15) is 35.9 Å². The predicted molar refractivity (Wildman–Crippen MR) is 212 cm³/mol. The minimum atomic E-state index is -1.82. The summed E-state index contributed by atoms with van der Waals surface area (Å²) in [6.07, 6.45) is 10.5. The Morgan fingerprint density at radius 2 is 1.79 bits per heavy atom. The minimum Gasteiger partial charge on any atom is -0.462 e. The lowest BCUT2D eigenvalue weighted by Gasteiger charge is -2.48. The SMILES string of the molecule is CCC(C)[C@H]1O[C@]2(C=C[C@@H]1C)C[C@@H]1C[C@@H](CC=C(C)[C@@H](OC3C[C@H](OC)[C@@H](OC4COCCO4)[C@H](C)O3)C(C)C=CC=C3CO[C@@H]4[C@H](O)C(C)=C[C@@H](C(=O)O1)[C@]34O)O2. The molecule has 4 saturated heterocycles. The zero-order valence-corrected chi connectivity index (χ0v) is 35.5. The highest BCUT2D eigenvalue weighted by molar-refractivity contribution is 5.78. The Labute approximate surface area is 343 Å². The van der Waals surface area contributed by atoms with E-state index in [1.165, 1.54) is 0 Å². The third-order valence-corrected chi connectivity index (χ3v) is 13.3. The van der Waals surface area contributed by atoms with Crippen molar-refractivity contribution >= 4 is 5.97 Å². The molecule has 13 nitrogen and oxygen atoms in total. The van der Waals surface area contributed by atoms with Gasteiger partial charge in [0, 0.05) is 38.2 Å². The summed E-state index contributed by atoms with van der Waals surface area (Å²) >= 11 is 0. The van der Waals surface area contributed by atoms with Crippen LogP contribution in [0.25, 0.3) is 0 Å². The molecule has 0 amide bonds. The van der Waals surface area contributed by atoms with E-state index in [1.807, 2.05) is 25.2 Å². The fourth-order valence-electron chi connectivity index (χ4n) is 9.77. The first kappa shape index (κ1) is 43.8. The van der Waals surface area contributed by atoms with Crippen molar-refractivity contribution in [1.82, 2.24) is 0 Å². The third-order valence-electron chi connectivity index (χ3n) is 13.3. The van der Waals surface area contributed by atoms with Crippen molar-refractivity contribution in [1.29, 1.82) is 0 Å². The Balaban J connectivity index is 1.21.